The number of dihydropyridines is 1. The molecule has 2 heterocycles. The SMILES string of the molecule is COc1cc(CC[C@@H](O)[C@@H]2C(=O)C[C@H](c3cc(O)c(O)c(OCCCC(C)C)c3)CCc3c(ccc4cc(O)ccc34)NC3=CC(=CCN3)C23CCCC3)ccc1O. The monoisotopic (exact) mass is 790 g/mol. The second kappa shape index (κ2) is 17.6. The minimum atomic E-state index is -0.973. The number of phenolic OH excluding ortho intramolecular Hbond substituents is 4. The number of aromatic hydroxyl groups is 4. The van der Waals surface area contributed by atoms with Crippen LogP contribution in [0.4, 0.5) is 5.69 Å². The number of hydrogen-bond acceptors (Lipinski definition) is 10. The number of allylic oxidation sites excluding steroid dienone is 2. The number of benzene rings is 4. The van der Waals surface area contributed by atoms with Gasteiger partial charge in [0.25, 0.3) is 0 Å². The number of Topliss-reactive ketones (excluding diaryl/α,β-unsaturated/α-hetero) is 1. The number of fused-ring (bicyclic) bond motifs is 5. The number of carbonyl (C=O) groups is 1. The Morgan fingerprint density at radius 3 is 2.50 bits per heavy atom. The maximum Gasteiger partial charge on any atom is 0.200 e. The first kappa shape index (κ1) is 40.8. The van der Waals surface area contributed by atoms with E-state index in [1.165, 1.54) is 7.11 Å². The minimum absolute atomic E-state index is 0.0416. The highest BCUT2D eigenvalue weighted by atomic mass is 16.5. The number of aryl methyl sites for hydroxylation is 2. The first-order valence-electron chi connectivity index (χ1n) is 20.9. The first-order chi connectivity index (χ1) is 27.9. The molecular formula is C48H58N2O8. The molecule has 1 aliphatic carbocycles. The van der Waals surface area contributed by atoms with E-state index < -0.39 is 23.4 Å². The Bertz CT molecular complexity index is 2190. The van der Waals surface area contributed by atoms with Crippen molar-refractivity contribution in [2.24, 2.45) is 17.3 Å². The largest absolute Gasteiger partial charge is 0.508 e. The predicted octanol–water partition coefficient (Wildman–Crippen LogP) is 9.13. The van der Waals surface area contributed by atoms with Crippen LogP contribution in [-0.2, 0) is 17.6 Å². The summed E-state index contributed by atoms with van der Waals surface area (Å²) in [6, 6.07) is 17.9. The van der Waals surface area contributed by atoms with Gasteiger partial charge in [0.05, 0.1) is 25.7 Å². The fourth-order valence-electron chi connectivity index (χ4n) is 9.62. The molecule has 0 amide bonds. The minimum Gasteiger partial charge on any atom is -0.508 e. The van der Waals surface area contributed by atoms with E-state index in [1.807, 2.05) is 24.3 Å². The van der Waals surface area contributed by atoms with Gasteiger partial charge in [0, 0.05) is 24.1 Å². The molecule has 1 saturated carbocycles. The molecule has 10 nitrogen and oxygen atoms in total. The number of methoxy groups -OCH3 is 1. The van der Waals surface area contributed by atoms with Crippen LogP contribution in [0.2, 0.25) is 0 Å². The molecule has 0 aromatic heterocycles. The third-order valence-corrected chi connectivity index (χ3v) is 12.6. The number of aliphatic hydroxyl groups excluding tert-OH is 1. The summed E-state index contributed by atoms with van der Waals surface area (Å²) in [7, 11) is 1.50. The average molecular weight is 791 g/mol. The van der Waals surface area contributed by atoms with Crippen LogP contribution in [0.5, 0.6) is 34.5 Å². The Kier molecular flexibility index (Phi) is 12.4. The van der Waals surface area contributed by atoms with Crippen molar-refractivity contribution in [3.05, 3.63) is 101 Å². The lowest BCUT2D eigenvalue weighted by atomic mass is 9.62. The van der Waals surface area contributed by atoms with Crippen molar-refractivity contribution in [3.8, 4) is 34.5 Å². The molecule has 7 rings (SSSR count). The van der Waals surface area contributed by atoms with E-state index in [2.05, 4.69) is 36.6 Å². The normalized spacial score (nSPS) is 19.8. The van der Waals surface area contributed by atoms with Gasteiger partial charge in [0.15, 0.2) is 23.0 Å². The van der Waals surface area contributed by atoms with E-state index >= 15 is 4.79 Å². The van der Waals surface area contributed by atoms with E-state index in [4.69, 9.17) is 9.47 Å². The molecule has 10 heteroatoms. The summed E-state index contributed by atoms with van der Waals surface area (Å²) in [5.74, 6) is 0.273. The smallest absolute Gasteiger partial charge is 0.200 e. The zero-order valence-corrected chi connectivity index (χ0v) is 33.9. The number of nitrogens with one attached hydrogen (secondary N) is 2. The molecule has 4 aromatic carbocycles. The molecule has 2 bridgehead atoms. The van der Waals surface area contributed by atoms with Crippen LogP contribution in [0.3, 0.4) is 0 Å². The van der Waals surface area contributed by atoms with Crippen molar-refractivity contribution in [1.82, 2.24) is 5.32 Å². The van der Waals surface area contributed by atoms with Crippen LogP contribution in [0.25, 0.3) is 10.8 Å². The molecule has 58 heavy (non-hydrogen) atoms. The fourth-order valence-corrected chi connectivity index (χ4v) is 9.62. The lowest BCUT2D eigenvalue weighted by Crippen LogP contribution is -2.44. The zero-order chi connectivity index (χ0) is 41.0. The molecule has 4 aromatic rings. The van der Waals surface area contributed by atoms with Gasteiger partial charge < -0.3 is 45.6 Å². The number of hydrogen-bond donors (Lipinski definition) is 7. The van der Waals surface area contributed by atoms with E-state index in [0.29, 0.717) is 56.1 Å². The summed E-state index contributed by atoms with van der Waals surface area (Å²) >= 11 is 0. The molecule has 2 aliphatic heterocycles. The second-order valence-electron chi connectivity index (χ2n) is 16.9. The standard InChI is InChI=1S/C48H58N2O8/c1-29(2)7-6-22-58-44-27-33(26-42(55)47(44)56)31-10-13-37-36-14-12-35(51)24-32(36)11-15-38(37)50-45-28-34(18-21-49-45)48(19-4-5-20-48)46(41(54)25-31)40(53)17-9-30-8-16-39(52)43(23-30)57-3/h8,11-12,14-16,18,23-24,26-29,31,40,46,49-53,55-56H,4-7,9-10,13,17,19-22,25H2,1-3H3/t31-,40-,46-/m1/s1. The summed E-state index contributed by atoms with van der Waals surface area (Å²) in [5.41, 5.74) is 3.93. The van der Waals surface area contributed by atoms with E-state index in [0.717, 1.165) is 77.5 Å². The predicted molar refractivity (Wildman–Crippen MR) is 227 cm³/mol. The molecule has 1 fully saturated rings. The van der Waals surface area contributed by atoms with Gasteiger partial charge in [0.1, 0.15) is 17.4 Å². The Morgan fingerprint density at radius 1 is 0.914 bits per heavy atom. The number of anilines is 1. The van der Waals surface area contributed by atoms with Crippen molar-refractivity contribution >= 4 is 22.2 Å². The van der Waals surface area contributed by atoms with Crippen LogP contribution < -0.4 is 20.1 Å². The van der Waals surface area contributed by atoms with Gasteiger partial charge in [-0.25, -0.2) is 0 Å². The first-order valence-corrected chi connectivity index (χ1v) is 20.9. The molecule has 0 unspecified atom stereocenters. The van der Waals surface area contributed by atoms with Gasteiger partial charge in [-0.2, -0.15) is 0 Å². The molecule has 0 radical (unpaired) electrons. The third-order valence-electron chi connectivity index (χ3n) is 12.6. The van der Waals surface area contributed by atoms with Crippen LogP contribution in [0.1, 0.15) is 94.2 Å². The Balaban J connectivity index is 1.32. The number of ketones is 1. The highest BCUT2D eigenvalue weighted by molar-refractivity contribution is 5.91. The number of ether oxygens (including phenoxy) is 2. The molecule has 3 atom stereocenters. The highest BCUT2D eigenvalue weighted by Crippen LogP contribution is 2.54. The van der Waals surface area contributed by atoms with Crippen LogP contribution in [-0.4, -0.2) is 57.7 Å². The second-order valence-corrected chi connectivity index (χ2v) is 16.9. The third kappa shape index (κ3) is 8.72. The average Bonchev–Trinajstić information content (AvgIpc) is 3.70. The van der Waals surface area contributed by atoms with Gasteiger partial charge in [-0.05, 0) is 145 Å². The van der Waals surface area contributed by atoms with Gasteiger partial charge in [-0.1, -0.05) is 51.0 Å². The maximum atomic E-state index is 15.4. The lowest BCUT2D eigenvalue weighted by Gasteiger charge is -2.42. The van der Waals surface area contributed by atoms with Crippen molar-refractivity contribution < 1.29 is 39.8 Å². The van der Waals surface area contributed by atoms with E-state index in [-0.39, 0.29) is 41.0 Å². The highest BCUT2D eigenvalue weighted by Gasteiger charge is 2.50. The summed E-state index contributed by atoms with van der Waals surface area (Å²) < 4.78 is 11.4. The number of phenols is 4. The van der Waals surface area contributed by atoms with Gasteiger partial charge in [-0.3, -0.25) is 4.79 Å². The Morgan fingerprint density at radius 2 is 1.72 bits per heavy atom. The molecular weight excluding hydrogens is 733 g/mol. The van der Waals surface area contributed by atoms with Gasteiger partial charge >= 0.3 is 0 Å². The summed E-state index contributed by atoms with van der Waals surface area (Å²) in [4.78, 5) is 15.4. The van der Waals surface area contributed by atoms with Gasteiger partial charge in [-0.15, -0.1) is 0 Å². The topological polar surface area (TPSA) is 161 Å². The quantitative estimate of drug-likeness (QED) is 0.0577. The van der Waals surface area contributed by atoms with Crippen LogP contribution in [0, 0.1) is 17.3 Å². The van der Waals surface area contributed by atoms with Crippen molar-refractivity contribution in [2.45, 2.75) is 96.5 Å². The Hall–Kier alpha value is -5.35. The summed E-state index contributed by atoms with van der Waals surface area (Å²) in [6.07, 6.45) is 10.4. The fraction of sp³-hybridized carbons (Fsp3) is 0.438. The summed E-state index contributed by atoms with van der Waals surface area (Å²) in [6.45, 7) is 5.23. The number of carbonyl (C=O) groups excluding carboxylic acids is 1. The zero-order valence-electron chi connectivity index (χ0n) is 33.9. The van der Waals surface area contributed by atoms with E-state index in [1.54, 1.807) is 36.4 Å². The van der Waals surface area contributed by atoms with Crippen molar-refractivity contribution in [1.29, 1.82) is 0 Å². The molecule has 0 saturated heterocycles. The number of aliphatic hydroxyl groups is 1. The molecule has 308 valence electrons. The van der Waals surface area contributed by atoms with Crippen molar-refractivity contribution in [2.75, 3.05) is 25.6 Å². The van der Waals surface area contributed by atoms with Gasteiger partial charge in [0.2, 0.25) is 5.75 Å². The summed E-state index contributed by atoms with van der Waals surface area (Å²) in [5, 5.41) is 64.1. The maximum absolute atomic E-state index is 15.4. The van der Waals surface area contributed by atoms with Crippen LogP contribution >= 0.6 is 0 Å². The molecule has 7 N–H and O–H groups in total. The number of rotatable bonds is 11. The molecule has 3 aliphatic rings. The van der Waals surface area contributed by atoms with Crippen molar-refractivity contribution in [3.63, 3.8) is 0 Å². The molecule has 1 spiro atoms. The lowest BCUT2D eigenvalue weighted by molar-refractivity contribution is -0.132. The van der Waals surface area contributed by atoms with Crippen LogP contribution in [0.15, 0.2) is 84.2 Å². The Labute approximate surface area is 341 Å². The van der Waals surface area contributed by atoms with E-state index in [9.17, 15) is 25.5 Å².